The molecule has 0 radical (unpaired) electrons. The van der Waals surface area contributed by atoms with E-state index in [4.69, 9.17) is 0 Å². The lowest BCUT2D eigenvalue weighted by Crippen LogP contribution is -2.02. The average molecular weight is 268 g/mol. The summed E-state index contributed by atoms with van der Waals surface area (Å²) in [5.74, 6) is 4.41. The molecule has 0 aromatic heterocycles. The van der Waals surface area contributed by atoms with E-state index in [9.17, 15) is 0 Å². The van der Waals surface area contributed by atoms with Crippen LogP contribution in [-0.4, -0.2) is 0 Å². The van der Waals surface area contributed by atoms with Crippen molar-refractivity contribution < 1.29 is 0 Å². The van der Waals surface area contributed by atoms with Gasteiger partial charge < -0.3 is 0 Å². The average Bonchev–Trinajstić information content (AvgIpc) is 3.20. The number of allylic oxidation sites excluding steroid dienone is 8. The van der Waals surface area contributed by atoms with Crippen LogP contribution in [0.15, 0.2) is 47.6 Å². The SMILES string of the molecule is CC(C)=C1CC2C=CC1C2.CC=CC1CC2C=CC1C2. The summed E-state index contributed by atoms with van der Waals surface area (Å²) in [6.07, 6.45) is 19.7. The molecule has 4 rings (SSSR count). The Labute approximate surface area is 124 Å². The molecule has 0 saturated heterocycles. The first-order valence-electron chi connectivity index (χ1n) is 8.33. The maximum atomic E-state index is 2.40. The Hall–Kier alpha value is -1.04. The number of hydrogen-bond acceptors (Lipinski definition) is 0. The second-order valence-corrected chi connectivity index (χ2v) is 7.19. The summed E-state index contributed by atoms with van der Waals surface area (Å²) in [5.41, 5.74) is 3.27. The molecule has 0 N–H and O–H groups in total. The van der Waals surface area contributed by atoms with Crippen LogP contribution in [-0.2, 0) is 0 Å². The Morgan fingerprint density at radius 3 is 2.20 bits per heavy atom. The number of fused-ring (bicyclic) bond motifs is 4. The van der Waals surface area contributed by atoms with Crippen molar-refractivity contribution in [3.05, 3.63) is 47.6 Å². The van der Waals surface area contributed by atoms with E-state index in [-0.39, 0.29) is 0 Å². The van der Waals surface area contributed by atoms with Gasteiger partial charge in [-0.1, -0.05) is 47.6 Å². The fraction of sp³-hybridized carbons (Fsp3) is 0.600. The molecule has 20 heavy (non-hydrogen) atoms. The van der Waals surface area contributed by atoms with Crippen molar-refractivity contribution in [2.24, 2.45) is 29.6 Å². The van der Waals surface area contributed by atoms with Gasteiger partial charge in [0.25, 0.3) is 0 Å². The lowest BCUT2D eigenvalue weighted by Gasteiger charge is -2.12. The molecular formula is C20H28. The van der Waals surface area contributed by atoms with Crippen molar-refractivity contribution in [3.8, 4) is 0 Å². The molecule has 0 amide bonds. The highest BCUT2D eigenvalue weighted by atomic mass is 14.4. The van der Waals surface area contributed by atoms with Gasteiger partial charge in [-0.15, -0.1) is 0 Å². The molecule has 0 aromatic rings. The van der Waals surface area contributed by atoms with Gasteiger partial charge in [-0.3, -0.25) is 0 Å². The van der Waals surface area contributed by atoms with Gasteiger partial charge in [0.05, 0.1) is 0 Å². The molecule has 108 valence electrons. The zero-order chi connectivity index (χ0) is 14.1. The van der Waals surface area contributed by atoms with Crippen molar-refractivity contribution >= 4 is 0 Å². The van der Waals surface area contributed by atoms with Gasteiger partial charge in [0.2, 0.25) is 0 Å². The smallest absolute Gasteiger partial charge is 0.00148 e. The highest BCUT2D eigenvalue weighted by Crippen LogP contribution is 2.44. The molecule has 2 saturated carbocycles. The second kappa shape index (κ2) is 5.76. The van der Waals surface area contributed by atoms with E-state index in [1.54, 1.807) is 11.1 Å². The van der Waals surface area contributed by atoms with Gasteiger partial charge in [-0.2, -0.15) is 0 Å². The molecule has 2 fully saturated rings. The molecular weight excluding hydrogens is 240 g/mol. The third-order valence-electron chi connectivity index (χ3n) is 5.51. The first-order chi connectivity index (χ1) is 9.67. The molecule has 4 aliphatic carbocycles. The Morgan fingerprint density at radius 1 is 1.00 bits per heavy atom. The topological polar surface area (TPSA) is 0 Å². The van der Waals surface area contributed by atoms with E-state index in [1.807, 2.05) is 0 Å². The molecule has 5 unspecified atom stereocenters. The zero-order valence-corrected chi connectivity index (χ0v) is 13.2. The van der Waals surface area contributed by atoms with Gasteiger partial charge in [-0.25, -0.2) is 0 Å². The molecule has 4 aliphatic rings. The van der Waals surface area contributed by atoms with Crippen LogP contribution in [0.3, 0.4) is 0 Å². The highest BCUT2D eigenvalue weighted by Gasteiger charge is 2.33. The zero-order valence-electron chi connectivity index (χ0n) is 13.2. The molecule has 5 atom stereocenters. The standard InChI is InChI=1S/2C10H14/c1-7(2)10-6-8-3-4-9(10)5-8;1-2-3-9-6-8-4-5-10(9)7-8/h3-4,8-9H,5-6H2,1-2H3;2-5,8-10H,6-7H2,1H3. The largest absolute Gasteiger partial charge is 0.0914 e. The Bertz CT molecular complexity index is 470. The lowest BCUT2D eigenvalue weighted by molar-refractivity contribution is 0.549. The summed E-state index contributed by atoms with van der Waals surface area (Å²) < 4.78 is 0. The van der Waals surface area contributed by atoms with Crippen LogP contribution in [0.4, 0.5) is 0 Å². The summed E-state index contributed by atoms with van der Waals surface area (Å²) in [7, 11) is 0. The Kier molecular flexibility index (Phi) is 4.01. The normalized spacial score (nSPS) is 39.8. The Morgan fingerprint density at radius 2 is 1.80 bits per heavy atom. The van der Waals surface area contributed by atoms with Crippen molar-refractivity contribution in [2.75, 3.05) is 0 Å². The minimum Gasteiger partial charge on any atom is -0.0914 e. The molecule has 4 bridgehead atoms. The molecule has 0 heterocycles. The molecule has 0 nitrogen and oxygen atoms in total. The monoisotopic (exact) mass is 268 g/mol. The van der Waals surface area contributed by atoms with Crippen molar-refractivity contribution in [1.82, 2.24) is 0 Å². The van der Waals surface area contributed by atoms with Gasteiger partial charge in [0.1, 0.15) is 0 Å². The number of hydrogen-bond donors (Lipinski definition) is 0. The van der Waals surface area contributed by atoms with E-state index in [2.05, 4.69) is 57.2 Å². The van der Waals surface area contributed by atoms with Crippen LogP contribution in [0.5, 0.6) is 0 Å². The van der Waals surface area contributed by atoms with Crippen LogP contribution in [0, 0.1) is 29.6 Å². The van der Waals surface area contributed by atoms with E-state index in [0.717, 1.165) is 29.6 Å². The van der Waals surface area contributed by atoms with Gasteiger partial charge in [0.15, 0.2) is 0 Å². The first kappa shape index (κ1) is 13.9. The van der Waals surface area contributed by atoms with E-state index in [1.165, 1.54) is 25.7 Å². The lowest BCUT2D eigenvalue weighted by atomic mass is 9.93. The van der Waals surface area contributed by atoms with Crippen LogP contribution in [0.25, 0.3) is 0 Å². The summed E-state index contributed by atoms with van der Waals surface area (Å²) in [5, 5.41) is 0. The van der Waals surface area contributed by atoms with Crippen LogP contribution in [0.1, 0.15) is 46.5 Å². The summed E-state index contributed by atoms with van der Waals surface area (Å²) in [6.45, 7) is 6.60. The summed E-state index contributed by atoms with van der Waals surface area (Å²) in [6, 6.07) is 0. The second-order valence-electron chi connectivity index (χ2n) is 7.19. The van der Waals surface area contributed by atoms with Crippen LogP contribution >= 0.6 is 0 Å². The van der Waals surface area contributed by atoms with Gasteiger partial charge >= 0.3 is 0 Å². The van der Waals surface area contributed by atoms with E-state index < -0.39 is 0 Å². The predicted octanol–water partition coefficient (Wildman–Crippen LogP) is 5.69. The Balaban J connectivity index is 0.000000121. The van der Waals surface area contributed by atoms with Crippen molar-refractivity contribution in [3.63, 3.8) is 0 Å². The van der Waals surface area contributed by atoms with Crippen LogP contribution in [0.2, 0.25) is 0 Å². The maximum absolute atomic E-state index is 2.40. The van der Waals surface area contributed by atoms with Gasteiger partial charge in [0, 0.05) is 0 Å². The molecule has 0 aromatic carbocycles. The molecule has 0 heteroatoms. The van der Waals surface area contributed by atoms with Crippen LogP contribution < -0.4 is 0 Å². The summed E-state index contributed by atoms with van der Waals surface area (Å²) in [4.78, 5) is 0. The number of rotatable bonds is 1. The summed E-state index contributed by atoms with van der Waals surface area (Å²) >= 11 is 0. The van der Waals surface area contributed by atoms with E-state index in [0.29, 0.717) is 0 Å². The third kappa shape index (κ3) is 2.71. The first-order valence-corrected chi connectivity index (χ1v) is 8.33. The minimum atomic E-state index is 0.829. The van der Waals surface area contributed by atoms with Crippen molar-refractivity contribution in [2.45, 2.75) is 46.5 Å². The van der Waals surface area contributed by atoms with E-state index >= 15 is 0 Å². The third-order valence-corrected chi connectivity index (χ3v) is 5.51. The molecule has 0 spiro atoms. The van der Waals surface area contributed by atoms with Gasteiger partial charge in [-0.05, 0) is 76.0 Å². The quantitative estimate of drug-likeness (QED) is 0.536. The predicted molar refractivity (Wildman–Crippen MR) is 87.4 cm³/mol. The maximum Gasteiger partial charge on any atom is -0.00148 e. The highest BCUT2D eigenvalue weighted by molar-refractivity contribution is 5.29. The fourth-order valence-corrected chi connectivity index (χ4v) is 4.48. The fourth-order valence-electron chi connectivity index (χ4n) is 4.48. The minimum absolute atomic E-state index is 0.829. The molecule has 0 aliphatic heterocycles. The van der Waals surface area contributed by atoms with Crippen molar-refractivity contribution in [1.29, 1.82) is 0 Å².